The third kappa shape index (κ3) is 5.41. The molecule has 0 spiro atoms. The molecule has 0 aliphatic carbocycles. The van der Waals surface area contributed by atoms with Gasteiger partial charge in [-0.15, -0.1) is 11.8 Å². The van der Waals surface area contributed by atoms with Crippen molar-refractivity contribution in [3.63, 3.8) is 0 Å². The molecular formula is C23H33N3O4S. The number of aliphatic carboxylic acids is 1. The molecule has 3 atom stereocenters. The Morgan fingerprint density at radius 1 is 1.26 bits per heavy atom. The van der Waals surface area contributed by atoms with Crippen molar-refractivity contribution in [2.24, 2.45) is 0 Å². The summed E-state index contributed by atoms with van der Waals surface area (Å²) in [6.07, 6.45) is 1.28. The molecule has 3 fully saturated rings. The first-order valence-electron chi connectivity index (χ1n) is 13.9. The number of hydrogen-bond donors (Lipinski definition) is 2. The summed E-state index contributed by atoms with van der Waals surface area (Å²) in [5.41, 5.74) is -0.836. The second kappa shape index (κ2) is 10.0. The Hall–Kier alpha value is -2.06. The molecule has 3 saturated heterocycles. The average molecular weight is 455 g/mol. The highest BCUT2D eigenvalue weighted by atomic mass is 32.2. The van der Waals surface area contributed by atoms with E-state index in [1.54, 1.807) is 13.8 Å². The maximum atomic E-state index is 12.7. The van der Waals surface area contributed by atoms with E-state index in [0.717, 1.165) is 16.7 Å². The third-order valence-electron chi connectivity index (χ3n) is 5.60. The van der Waals surface area contributed by atoms with Crippen LogP contribution >= 0.6 is 11.8 Å². The molecule has 4 rings (SSSR count). The fourth-order valence-corrected chi connectivity index (χ4v) is 5.65. The first kappa shape index (κ1) is 15.7. The van der Waals surface area contributed by atoms with Gasteiger partial charge >= 0.3 is 5.97 Å². The number of hydrogen-bond acceptors (Lipinski definition) is 5. The number of amides is 2. The van der Waals surface area contributed by atoms with Crippen LogP contribution in [-0.2, 0) is 20.8 Å². The normalized spacial score (nSPS) is 30.5. The maximum absolute atomic E-state index is 12.7. The number of carbonyl (C=O) groups excluding carboxylic acids is 2. The van der Waals surface area contributed by atoms with Gasteiger partial charge in [-0.1, -0.05) is 43.6 Å². The van der Waals surface area contributed by atoms with Gasteiger partial charge in [-0.05, 0) is 51.9 Å². The average Bonchev–Trinajstić information content (AvgIpc) is 3.13. The monoisotopic (exact) mass is 454 g/mol. The van der Waals surface area contributed by atoms with Gasteiger partial charge in [-0.3, -0.25) is 9.59 Å². The quantitative estimate of drug-likeness (QED) is 0.664. The summed E-state index contributed by atoms with van der Waals surface area (Å²) in [6, 6.07) is -6.30. The zero-order chi connectivity index (χ0) is 28.7. The number of piperidine rings is 1. The lowest BCUT2D eigenvalue weighted by atomic mass is 9.96. The largest absolute Gasteiger partial charge is 0.480 e. The van der Waals surface area contributed by atoms with Gasteiger partial charge in [-0.2, -0.15) is 0 Å². The lowest BCUT2D eigenvalue weighted by Crippen LogP contribution is -2.70. The predicted octanol–water partition coefficient (Wildman–Crippen LogP) is 2.35. The van der Waals surface area contributed by atoms with Gasteiger partial charge in [0.25, 0.3) is 0 Å². The minimum Gasteiger partial charge on any atom is -0.480 e. The molecule has 170 valence electrons. The van der Waals surface area contributed by atoms with E-state index < -0.39 is 82.1 Å². The maximum Gasteiger partial charge on any atom is 0.327 e. The lowest BCUT2D eigenvalue weighted by molar-refractivity contribution is -0.161. The number of nitrogens with zero attached hydrogens (tertiary/aromatic N) is 2. The van der Waals surface area contributed by atoms with Gasteiger partial charge in [0.15, 0.2) is 0 Å². The molecule has 2 amide bonds. The van der Waals surface area contributed by atoms with E-state index in [-0.39, 0.29) is 0 Å². The van der Waals surface area contributed by atoms with Gasteiger partial charge in [0.1, 0.15) is 17.5 Å². The van der Waals surface area contributed by atoms with Crippen LogP contribution in [0.15, 0.2) is 30.2 Å². The molecule has 7 nitrogen and oxygen atoms in total. The standard InChI is InChI=1S/C16H18N2O4S.C7H15N/c1-16(2)12(15(21)22)18-13(20)11(14(18)23-16)17-10(19)8-9-6-4-3-5-7-9;1-2-8-6-4-3-5-7-8/h3-7,11-12,14H,8H2,1-2H3,(H,17,19)(H,21,22);2-7H2,1H3/t11-,12+,14-;/m1./s1/i3D,4D,5D,6D,7D,8D2;. The van der Waals surface area contributed by atoms with Crippen molar-refractivity contribution in [1.29, 1.82) is 0 Å². The first-order chi connectivity index (χ1) is 17.6. The Balaban J connectivity index is 0.000000427. The van der Waals surface area contributed by atoms with Crippen molar-refractivity contribution in [3.8, 4) is 0 Å². The molecule has 0 bridgehead atoms. The van der Waals surface area contributed by atoms with Gasteiger partial charge in [0.05, 0.1) is 13.2 Å². The number of likely N-dealkylation sites (tertiary alicyclic amines) is 1. The van der Waals surface area contributed by atoms with Crippen LogP contribution in [0.1, 0.15) is 55.2 Å². The molecule has 2 N–H and O–H groups in total. The van der Waals surface area contributed by atoms with E-state index in [9.17, 15) is 19.5 Å². The smallest absolute Gasteiger partial charge is 0.327 e. The Labute approximate surface area is 198 Å². The second-order valence-electron chi connectivity index (χ2n) is 8.17. The highest BCUT2D eigenvalue weighted by Gasteiger charge is 2.64. The molecule has 3 aliphatic heterocycles. The second-order valence-corrected chi connectivity index (χ2v) is 9.94. The highest BCUT2D eigenvalue weighted by molar-refractivity contribution is 8.01. The molecule has 0 unspecified atom stereocenters. The van der Waals surface area contributed by atoms with Crippen LogP contribution in [0.25, 0.3) is 0 Å². The van der Waals surface area contributed by atoms with Crippen LogP contribution in [0.3, 0.4) is 0 Å². The van der Waals surface area contributed by atoms with E-state index in [1.165, 1.54) is 38.9 Å². The molecule has 8 heteroatoms. The molecule has 1 aromatic rings. The van der Waals surface area contributed by atoms with Crippen LogP contribution < -0.4 is 5.32 Å². The Kier molecular flexibility index (Phi) is 5.08. The molecule has 31 heavy (non-hydrogen) atoms. The number of thioether (sulfide) groups is 1. The summed E-state index contributed by atoms with van der Waals surface area (Å²) < 4.78 is 54.0. The fourth-order valence-electron chi connectivity index (χ4n) is 4.02. The van der Waals surface area contributed by atoms with E-state index in [4.69, 9.17) is 9.60 Å². The van der Waals surface area contributed by atoms with Crippen molar-refractivity contribution >= 4 is 29.5 Å². The molecule has 0 saturated carbocycles. The number of β-lactam (4-membered cyclic amide) rings is 1. The Morgan fingerprint density at radius 2 is 1.90 bits per heavy atom. The first-order valence-corrected chi connectivity index (χ1v) is 11.3. The minimum absolute atomic E-state index is 0.685. The lowest BCUT2D eigenvalue weighted by Gasteiger charge is -2.43. The molecule has 1 aromatic carbocycles. The van der Waals surface area contributed by atoms with Crippen molar-refractivity contribution < 1.29 is 29.1 Å². The SMILES string of the molecule is CCN1CCCCC1.[2H]c1c([2H])c([2H])c(C([2H])([2H])C(=O)N[C@@H]2C(=O)N3[C@@H]2SC(C)(C)[C@@H]3C(=O)O)c([2H])c1[2H]. The number of carboxylic acid groups (broad SMARTS) is 1. The van der Waals surface area contributed by atoms with Crippen molar-refractivity contribution in [2.75, 3.05) is 19.6 Å². The van der Waals surface area contributed by atoms with Crippen LogP contribution in [0.2, 0.25) is 0 Å². The number of carboxylic acids is 1. The van der Waals surface area contributed by atoms with Gasteiger partial charge in [0.2, 0.25) is 11.8 Å². The molecular weight excluding hydrogens is 414 g/mol. The van der Waals surface area contributed by atoms with Crippen LogP contribution in [0, 0.1) is 0 Å². The topological polar surface area (TPSA) is 90.0 Å². The van der Waals surface area contributed by atoms with Gasteiger partial charge in [0, 0.05) is 7.49 Å². The third-order valence-corrected chi connectivity index (χ3v) is 7.17. The fraction of sp³-hybridized carbons (Fsp3) is 0.609. The van der Waals surface area contributed by atoms with E-state index in [2.05, 4.69) is 17.1 Å². The number of benzene rings is 1. The molecule has 0 radical (unpaired) electrons. The van der Waals surface area contributed by atoms with Crippen molar-refractivity contribution in [2.45, 2.75) is 68.6 Å². The van der Waals surface area contributed by atoms with Crippen molar-refractivity contribution in [1.82, 2.24) is 15.1 Å². The Bertz CT molecular complexity index is 1100. The number of fused-ring (bicyclic) bond motifs is 1. The zero-order valence-electron chi connectivity index (χ0n) is 24.9. The summed E-state index contributed by atoms with van der Waals surface area (Å²) in [6.45, 7) is 9.47. The van der Waals surface area contributed by atoms with Gasteiger partial charge in [-0.25, -0.2) is 4.79 Å². The number of carbonyl (C=O) groups is 3. The number of rotatable bonds is 5. The predicted molar refractivity (Wildman–Crippen MR) is 122 cm³/mol. The summed E-state index contributed by atoms with van der Waals surface area (Å²) in [5, 5.41) is 10.9. The summed E-state index contributed by atoms with van der Waals surface area (Å²) in [4.78, 5) is 40.3. The zero-order valence-corrected chi connectivity index (χ0v) is 18.8. The molecule has 3 aliphatic rings. The summed E-state index contributed by atoms with van der Waals surface area (Å²) in [7, 11) is 0. The Morgan fingerprint density at radius 3 is 2.45 bits per heavy atom. The van der Waals surface area contributed by atoms with Crippen LogP contribution in [-0.4, -0.2) is 74.5 Å². The van der Waals surface area contributed by atoms with Gasteiger partial charge < -0.3 is 20.2 Å². The highest BCUT2D eigenvalue weighted by Crippen LogP contribution is 2.50. The van der Waals surface area contributed by atoms with Crippen LogP contribution in [0.5, 0.6) is 0 Å². The van der Waals surface area contributed by atoms with E-state index in [0.29, 0.717) is 0 Å². The van der Waals surface area contributed by atoms with E-state index in [1.807, 2.05) is 0 Å². The van der Waals surface area contributed by atoms with Crippen molar-refractivity contribution in [3.05, 3.63) is 35.8 Å². The van der Waals surface area contributed by atoms with E-state index >= 15 is 0 Å². The molecule has 0 aromatic heterocycles. The van der Waals surface area contributed by atoms with Crippen LogP contribution in [0.4, 0.5) is 0 Å². The number of nitrogens with one attached hydrogen (secondary N) is 1. The summed E-state index contributed by atoms with van der Waals surface area (Å²) >= 11 is 1.16. The summed E-state index contributed by atoms with van der Waals surface area (Å²) in [5.74, 6) is -3.23. The molecule has 3 heterocycles. The minimum atomic E-state index is -3.03.